The third kappa shape index (κ3) is 5.19. The molecule has 2 aromatic carbocycles. The third-order valence-electron chi connectivity index (χ3n) is 5.58. The van der Waals surface area contributed by atoms with Crippen LogP contribution in [0.2, 0.25) is 0 Å². The fourth-order valence-corrected chi connectivity index (χ4v) is 3.81. The molecule has 1 aliphatic heterocycles. The van der Waals surface area contributed by atoms with Crippen molar-refractivity contribution in [3.05, 3.63) is 89.7 Å². The number of hydrogen-bond acceptors (Lipinski definition) is 6. The van der Waals surface area contributed by atoms with Crippen molar-refractivity contribution in [2.24, 2.45) is 0 Å². The monoisotopic (exact) mass is 447 g/mol. The van der Waals surface area contributed by atoms with Gasteiger partial charge in [-0.3, -0.25) is 14.6 Å². The number of nitrogens with one attached hydrogen (secondary N) is 1. The van der Waals surface area contributed by atoms with Gasteiger partial charge in [-0.1, -0.05) is 24.3 Å². The van der Waals surface area contributed by atoms with Gasteiger partial charge in [0.15, 0.2) is 0 Å². The van der Waals surface area contributed by atoms with Crippen LogP contribution >= 0.6 is 0 Å². The average Bonchev–Trinajstić information content (AvgIpc) is 2.86. The van der Waals surface area contributed by atoms with Crippen molar-refractivity contribution in [3.8, 4) is 5.75 Å². The van der Waals surface area contributed by atoms with Crippen LogP contribution in [0.5, 0.6) is 5.75 Å². The quantitative estimate of drug-likeness (QED) is 0.578. The molecule has 8 nitrogen and oxygen atoms in total. The molecule has 8 heteroatoms. The summed E-state index contributed by atoms with van der Waals surface area (Å²) in [4.78, 5) is 30.5. The number of amides is 2. The molecule has 2 heterocycles. The van der Waals surface area contributed by atoms with Crippen molar-refractivity contribution in [2.75, 3.05) is 25.6 Å². The van der Waals surface area contributed by atoms with Crippen LogP contribution in [-0.4, -0.2) is 53.2 Å². The first-order valence-electron chi connectivity index (χ1n) is 10.5. The van der Waals surface area contributed by atoms with Gasteiger partial charge in [-0.2, -0.15) is 0 Å². The van der Waals surface area contributed by atoms with Crippen molar-refractivity contribution in [2.45, 2.75) is 18.7 Å². The molecule has 170 valence electrons. The molecular formula is C25H25N3O5. The summed E-state index contributed by atoms with van der Waals surface area (Å²) in [5.74, 6) is 0.301. The molecular weight excluding hydrogens is 422 g/mol. The molecule has 2 unspecified atom stereocenters. The first-order chi connectivity index (χ1) is 16.1. The number of hydrogen-bond donors (Lipinski definition) is 2. The number of anilines is 1. The van der Waals surface area contributed by atoms with Crippen molar-refractivity contribution >= 4 is 17.5 Å². The minimum atomic E-state index is -0.538. The molecule has 0 aliphatic carbocycles. The van der Waals surface area contributed by atoms with E-state index in [4.69, 9.17) is 9.47 Å². The smallest absolute Gasteiger partial charge is 0.257 e. The predicted molar refractivity (Wildman–Crippen MR) is 122 cm³/mol. The van der Waals surface area contributed by atoms with E-state index in [1.54, 1.807) is 42.5 Å². The lowest BCUT2D eigenvalue weighted by Gasteiger charge is -2.40. The minimum absolute atomic E-state index is 0.0726. The zero-order valence-electron chi connectivity index (χ0n) is 18.2. The maximum absolute atomic E-state index is 12.6. The standard InChI is InChI=1S/C25H25N3O5/c1-32-21-10-4-17(5-11-21)14-28-22(15-29)24(33-16-23(28)30)18-6-8-20(9-7-18)27-25(31)19-3-2-12-26-13-19/h2-13,22,24,29H,14-16H2,1H3,(H,27,31). The van der Waals surface area contributed by atoms with E-state index in [1.807, 2.05) is 36.4 Å². The summed E-state index contributed by atoms with van der Waals surface area (Å²) in [6.07, 6.45) is 2.62. The first-order valence-corrected chi connectivity index (χ1v) is 10.5. The fourth-order valence-electron chi connectivity index (χ4n) is 3.81. The summed E-state index contributed by atoms with van der Waals surface area (Å²) in [6.45, 7) is 0.0377. The highest BCUT2D eigenvalue weighted by molar-refractivity contribution is 6.04. The van der Waals surface area contributed by atoms with Crippen molar-refractivity contribution in [3.63, 3.8) is 0 Å². The molecule has 2 N–H and O–H groups in total. The topological polar surface area (TPSA) is 101 Å². The van der Waals surface area contributed by atoms with Gasteiger partial charge in [-0.25, -0.2) is 0 Å². The number of methoxy groups -OCH3 is 1. The molecule has 33 heavy (non-hydrogen) atoms. The molecule has 3 aromatic rings. The average molecular weight is 447 g/mol. The molecule has 0 bridgehead atoms. The highest BCUT2D eigenvalue weighted by Crippen LogP contribution is 2.31. The number of aliphatic hydroxyl groups is 1. The van der Waals surface area contributed by atoms with E-state index in [1.165, 1.54) is 6.20 Å². The summed E-state index contributed by atoms with van der Waals surface area (Å²) >= 11 is 0. The van der Waals surface area contributed by atoms with Gasteiger partial charge in [0, 0.05) is 24.6 Å². The van der Waals surface area contributed by atoms with Gasteiger partial charge >= 0.3 is 0 Å². The maximum Gasteiger partial charge on any atom is 0.257 e. The first kappa shape index (κ1) is 22.4. The normalized spacial score (nSPS) is 18.1. The molecule has 0 saturated carbocycles. The van der Waals surface area contributed by atoms with E-state index in [0.717, 1.165) is 16.9 Å². The highest BCUT2D eigenvalue weighted by Gasteiger charge is 2.37. The SMILES string of the molecule is COc1ccc(CN2C(=O)COC(c3ccc(NC(=O)c4cccnc4)cc3)C2CO)cc1. The number of aromatic nitrogens is 1. The fraction of sp³-hybridized carbons (Fsp3) is 0.240. The lowest BCUT2D eigenvalue weighted by Crippen LogP contribution is -2.52. The van der Waals surface area contributed by atoms with E-state index < -0.39 is 12.1 Å². The van der Waals surface area contributed by atoms with Gasteiger partial charge in [0.05, 0.1) is 25.3 Å². The van der Waals surface area contributed by atoms with E-state index >= 15 is 0 Å². The van der Waals surface area contributed by atoms with Crippen molar-refractivity contribution in [1.29, 1.82) is 0 Å². The number of nitrogens with zero attached hydrogens (tertiary/aromatic N) is 2. The van der Waals surface area contributed by atoms with E-state index in [9.17, 15) is 14.7 Å². The van der Waals surface area contributed by atoms with Gasteiger partial charge in [-0.05, 0) is 47.5 Å². The summed E-state index contributed by atoms with van der Waals surface area (Å²) in [5.41, 5.74) is 2.82. The van der Waals surface area contributed by atoms with E-state index in [-0.39, 0.29) is 25.0 Å². The number of carbonyl (C=O) groups excluding carboxylic acids is 2. The molecule has 1 aliphatic rings. The van der Waals surface area contributed by atoms with Crippen molar-refractivity contribution in [1.82, 2.24) is 9.88 Å². The number of aliphatic hydroxyl groups excluding tert-OH is 1. The van der Waals surface area contributed by atoms with E-state index in [0.29, 0.717) is 17.8 Å². The second-order valence-corrected chi connectivity index (χ2v) is 7.67. The van der Waals surface area contributed by atoms with Crippen LogP contribution in [0.25, 0.3) is 0 Å². The van der Waals surface area contributed by atoms with Crippen LogP contribution in [-0.2, 0) is 16.1 Å². The number of rotatable bonds is 7. The van der Waals surface area contributed by atoms with Gasteiger partial charge in [0.25, 0.3) is 5.91 Å². The number of carbonyl (C=O) groups is 2. The Morgan fingerprint density at radius 3 is 2.58 bits per heavy atom. The Morgan fingerprint density at radius 2 is 1.94 bits per heavy atom. The Hall–Kier alpha value is -3.75. The summed E-state index contributed by atoms with van der Waals surface area (Å²) in [5, 5.41) is 12.9. The van der Waals surface area contributed by atoms with Crippen LogP contribution in [0, 0.1) is 0 Å². The van der Waals surface area contributed by atoms with Gasteiger partial charge < -0.3 is 24.8 Å². The minimum Gasteiger partial charge on any atom is -0.497 e. The Morgan fingerprint density at radius 1 is 1.18 bits per heavy atom. The summed E-state index contributed by atoms with van der Waals surface area (Å²) < 4.78 is 11.0. The maximum atomic E-state index is 12.6. The van der Waals surface area contributed by atoms with Crippen LogP contribution in [0.1, 0.15) is 27.6 Å². The molecule has 1 aromatic heterocycles. The highest BCUT2D eigenvalue weighted by atomic mass is 16.5. The molecule has 0 spiro atoms. The molecule has 1 saturated heterocycles. The van der Waals surface area contributed by atoms with Gasteiger partial charge in [0.2, 0.25) is 5.91 Å². The lowest BCUT2D eigenvalue weighted by atomic mass is 9.98. The molecule has 2 amide bonds. The Kier molecular flexibility index (Phi) is 6.97. The number of pyridine rings is 1. The Balaban J connectivity index is 1.47. The number of morpholine rings is 1. The molecule has 0 radical (unpaired) electrons. The van der Waals surface area contributed by atoms with Crippen LogP contribution in [0.3, 0.4) is 0 Å². The third-order valence-corrected chi connectivity index (χ3v) is 5.58. The van der Waals surface area contributed by atoms with Crippen LogP contribution < -0.4 is 10.1 Å². The predicted octanol–water partition coefficient (Wildman–Crippen LogP) is 2.80. The second-order valence-electron chi connectivity index (χ2n) is 7.67. The molecule has 2 atom stereocenters. The van der Waals surface area contributed by atoms with Gasteiger partial charge in [-0.15, -0.1) is 0 Å². The van der Waals surface area contributed by atoms with Crippen LogP contribution in [0.15, 0.2) is 73.1 Å². The van der Waals surface area contributed by atoms with Crippen molar-refractivity contribution < 1.29 is 24.2 Å². The number of ether oxygens (including phenoxy) is 2. The molecule has 1 fully saturated rings. The largest absolute Gasteiger partial charge is 0.497 e. The van der Waals surface area contributed by atoms with Crippen LogP contribution in [0.4, 0.5) is 5.69 Å². The number of benzene rings is 2. The molecule has 4 rings (SSSR count). The lowest BCUT2D eigenvalue weighted by molar-refractivity contribution is -0.162. The zero-order valence-corrected chi connectivity index (χ0v) is 18.2. The van der Waals surface area contributed by atoms with E-state index in [2.05, 4.69) is 10.3 Å². The summed E-state index contributed by atoms with van der Waals surface area (Å²) in [7, 11) is 1.60. The zero-order chi connectivity index (χ0) is 23.2. The van der Waals surface area contributed by atoms with Gasteiger partial charge in [0.1, 0.15) is 18.5 Å². The Labute approximate surface area is 191 Å². The Bertz CT molecular complexity index is 1090. The summed E-state index contributed by atoms with van der Waals surface area (Å²) in [6, 6.07) is 17.5. The second kappa shape index (κ2) is 10.2.